The molecule has 2 aliphatic rings. The van der Waals surface area contributed by atoms with Crippen LogP contribution in [0.4, 0.5) is 0 Å². The van der Waals surface area contributed by atoms with E-state index in [9.17, 15) is 0 Å². The summed E-state index contributed by atoms with van der Waals surface area (Å²) in [5.74, 6) is 2.02. The minimum absolute atomic E-state index is 1.23. The third kappa shape index (κ3) is 0.818. The summed E-state index contributed by atoms with van der Waals surface area (Å²) in [6.45, 7) is 0. The van der Waals surface area contributed by atoms with E-state index in [1.165, 1.54) is 5.70 Å². The smallest absolute Gasteiger partial charge is 0.282 e. The molecule has 2 heteroatoms. The van der Waals surface area contributed by atoms with Crippen molar-refractivity contribution in [1.82, 2.24) is 4.81 Å². The van der Waals surface area contributed by atoms with Crippen molar-refractivity contribution < 1.29 is 0 Å². The van der Waals surface area contributed by atoms with E-state index in [2.05, 4.69) is 17.0 Å². The van der Waals surface area contributed by atoms with E-state index in [0.29, 0.717) is 0 Å². The third-order valence-electron chi connectivity index (χ3n) is 1.55. The van der Waals surface area contributed by atoms with Crippen molar-refractivity contribution in [3.05, 3.63) is 48.3 Å². The first-order valence-electron chi connectivity index (χ1n) is 3.32. The van der Waals surface area contributed by atoms with Gasteiger partial charge < -0.3 is 4.81 Å². The molecule has 47 valence electrons. The molecule has 10 heavy (non-hydrogen) atoms. The Hall–Kier alpha value is -1.18. The fraction of sp³-hybridized carbons (Fsp3) is 0. The molecule has 0 saturated heterocycles. The average Bonchev–Trinajstić information content (AvgIpc) is 2.05. The molecule has 2 aliphatic heterocycles. The fourth-order valence-electron chi connectivity index (χ4n) is 1.04. The van der Waals surface area contributed by atoms with Crippen LogP contribution in [0, 0.1) is 0 Å². The minimum Gasteiger partial charge on any atom is -0.392 e. The number of fused-ring (bicyclic) bond motifs is 1. The molecular formula is C8H7BN. The molecule has 0 aromatic carbocycles. The van der Waals surface area contributed by atoms with Gasteiger partial charge in [0.05, 0.1) is 0 Å². The molecule has 0 bridgehead atoms. The quantitative estimate of drug-likeness (QED) is 0.445. The molecule has 0 saturated carbocycles. The van der Waals surface area contributed by atoms with Gasteiger partial charge in [-0.05, 0) is 24.4 Å². The summed E-state index contributed by atoms with van der Waals surface area (Å²) in [4.78, 5) is 2.08. The van der Waals surface area contributed by atoms with E-state index in [1.807, 2.05) is 37.8 Å². The highest BCUT2D eigenvalue weighted by atomic mass is 15.0. The van der Waals surface area contributed by atoms with Crippen LogP contribution in [0.2, 0.25) is 0 Å². The molecule has 1 radical (unpaired) electrons. The Morgan fingerprint density at radius 1 is 1.20 bits per heavy atom. The van der Waals surface area contributed by atoms with Gasteiger partial charge >= 0.3 is 0 Å². The molecule has 0 atom stereocenters. The van der Waals surface area contributed by atoms with E-state index >= 15 is 0 Å². The van der Waals surface area contributed by atoms with Crippen LogP contribution in [0.5, 0.6) is 0 Å². The highest BCUT2D eigenvalue weighted by Crippen LogP contribution is 2.13. The van der Waals surface area contributed by atoms with Gasteiger partial charge in [0.25, 0.3) is 7.41 Å². The van der Waals surface area contributed by atoms with Gasteiger partial charge in [0.15, 0.2) is 0 Å². The lowest BCUT2D eigenvalue weighted by Gasteiger charge is -2.23. The van der Waals surface area contributed by atoms with Crippen LogP contribution in [0.3, 0.4) is 0 Å². The van der Waals surface area contributed by atoms with E-state index in [-0.39, 0.29) is 0 Å². The lowest BCUT2D eigenvalue weighted by atomic mass is 9.86. The zero-order valence-corrected chi connectivity index (χ0v) is 5.57. The molecule has 0 aromatic heterocycles. The van der Waals surface area contributed by atoms with Crippen molar-refractivity contribution in [1.29, 1.82) is 0 Å². The van der Waals surface area contributed by atoms with Crippen LogP contribution < -0.4 is 0 Å². The maximum Gasteiger partial charge on any atom is 0.282 e. The van der Waals surface area contributed by atoms with Crippen LogP contribution in [0.15, 0.2) is 48.3 Å². The number of nitrogens with zero attached hydrogens (tertiary/aromatic N) is 1. The van der Waals surface area contributed by atoms with Crippen molar-refractivity contribution in [2.75, 3.05) is 0 Å². The zero-order valence-electron chi connectivity index (χ0n) is 5.57. The topological polar surface area (TPSA) is 3.24 Å². The summed E-state index contributed by atoms with van der Waals surface area (Å²) in [5.41, 5.74) is 1.23. The van der Waals surface area contributed by atoms with Crippen LogP contribution in [0.1, 0.15) is 0 Å². The number of rotatable bonds is 0. The Morgan fingerprint density at radius 3 is 3.10 bits per heavy atom. The summed E-state index contributed by atoms with van der Waals surface area (Å²) in [7, 11) is 2.04. The average molecular weight is 128 g/mol. The monoisotopic (exact) mass is 128 g/mol. The second-order valence-electron chi connectivity index (χ2n) is 2.23. The SMILES string of the molecule is [B]1C=CC=C2C=CC=CN12. The molecule has 0 aliphatic carbocycles. The number of hydrogen-bond acceptors (Lipinski definition) is 1. The van der Waals surface area contributed by atoms with E-state index in [1.54, 1.807) is 0 Å². The molecule has 2 rings (SSSR count). The molecule has 0 spiro atoms. The Bertz CT molecular complexity index is 248. The van der Waals surface area contributed by atoms with Gasteiger partial charge in [-0.15, -0.1) is 0 Å². The Balaban J connectivity index is 2.34. The highest BCUT2D eigenvalue weighted by Gasteiger charge is 2.06. The van der Waals surface area contributed by atoms with E-state index < -0.39 is 0 Å². The second kappa shape index (κ2) is 2.22. The van der Waals surface area contributed by atoms with Crippen molar-refractivity contribution in [3.63, 3.8) is 0 Å². The number of allylic oxidation sites excluding steroid dienone is 5. The summed E-state index contributed by atoms with van der Waals surface area (Å²) in [5, 5.41) is 0. The van der Waals surface area contributed by atoms with Crippen LogP contribution in [-0.2, 0) is 0 Å². The summed E-state index contributed by atoms with van der Waals surface area (Å²) in [6.07, 6.45) is 12.3. The van der Waals surface area contributed by atoms with Gasteiger partial charge in [-0.2, -0.15) is 0 Å². The normalized spacial score (nSPS) is 20.0. The van der Waals surface area contributed by atoms with Gasteiger partial charge in [-0.1, -0.05) is 18.1 Å². The molecule has 1 nitrogen and oxygen atoms in total. The predicted octanol–water partition coefficient (Wildman–Crippen LogP) is 1.40. The van der Waals surface area contributed by atoms with Gasteiger partial charge in [0.1, 0.15) is 0 Å². The van der Waals surface area contributed by atoms with Crippen LogP contribution in [-0.4, -0.2) is 12.2 Å². The van der Waals surface area contributed by atoms with E-state index in [0.717, 1.165) is 0 Å². The van der Waals surface area contributed by atoms with Crippen molar-refractivity contribution in [2.45, 2.75) is 0 Å². The minimum atomic E-state index is 1.23. The molecule has 0 unspecified atom stereocenters. The van der Waals surface area contributed by atoms with Crippen LogP contribution in [0.25, 0.3) is 0 Å². The Labute approximate surface area is 61.3 Å². The largest absolute Gasteiger partial charge is 0.392 e. The summed E-state index contributed by atoms with van der Waals surface area (Å²) >= 11 is 0. The van der Waals surface area contributed by atoms with Gasteiger partial charge in [-0.3, -0.25) is 0 Å². The fourth-order valence-corrected chi connectivity index (χ4v) is 1.04. The van der Waals surface area contributed by atoms with Crippen LogP contribution >= 0.6 is 0 Å². The maximum absolute atomic E-state index is 2.08. The third-order valence-corrected chi connectivity index (χ3v) is 1.55. The molecule has 2 heterocycles. The summed E-state index contributed by atoms with van der Waals surface area (Å²) < 4.78 is 0. The van der Waals surface area contributed by atoms with Crippen molar-refractivity contribution in [2.24, 2.45) is 0 Å². The first-order valence-corrected chi connectivity index (χ1v) is 3.32. The van der Waals surface area contributed by atoms with E-state index in [4.69, 9.17) is 0 Å². The molecule has 0 N–H and O–H groups in total. The van der Waals surface area contributed by atoms with Crippen molar-refractivity contribution in [3.8, 4) is 0 Å². The lowest BCUT2D eigenvalue weighted by Crippen LogP contribution is -2.22. The lowest BCUT2D eigenvalue weighted by molar-refractivity contribution is 0.751. The van der Waals surface area contributed by atoms with Gasteiger partial charge in [0.2, 0.25) is 0 Å². The zero-order chi connectivity index (χ0) is 6.81. The predicted molar refractivity (Wildman–Crippen MR) is 43.1 cm³/mol. The Morgan fingerprint density at radius 2 is 2.20 bits per heavy atom. The molecule has 0 aromatic rings. The van der Waals surface area contributed by atoms with Gasteiger partial charge in [-0.25, -0.2) is 0 Å². The highest BCUT2D eigenvalue weighted by molar-refractivity contribution is 6.40. The first-order chi connectivity index (χ1) is 4.97. The molecular weight excluding hydrogens is 121 g/mol. The van der Waals surface area contributed by atoms with Crippen molar-refractivity contribution >= 4 is 7.41 Å². The van der Waals surface area contributed by atoms with Gasteiger partial charge in [0, 0.05) is 5.70 Å². The maximum atomic E-state index is 2.08. The Kier molecular flexibility index (Phi) is 1.24. The number of hydrogen-bond donors (Lipinski definition) is 0. The first kappa shape index (κ1) is 5.60. The molecule has 0 amide bonds. The second-order valence-corrected chi connectivity index (χ2v) is 2.23. The summed E-state index contributed by atoms with van der Waals surface area (Å²) in [6, 6.07) is 0. The standard InChI is InChI=1S/C8H7BN/c1-2-7-10-8(4-1)5-3-6-9-10/h1-7H. The molecule has 0 fully saturated rings.